The van der Waals surface area contributed by atoms with Crippen molar-refractivity contribution in [3.63, 3.8) is 0 Å². The van der Waals surface area contributed by atoms with Crippen molar-refractivity contribution in [3.05, 3.63) is 0 Å². The Morgan fingerprint density at radius 3 is 0.818 bits per heavy atom. The Kier molecular flexibility index (Phi) is 22.5. The van der Waals surface area contributed by atoms with E-state index in [1.165, 1.54) is 121 Å². The van der Waals surface area contributed by atoms with Gasteiger partial charge < -0.3 is 0 Å². The molecule has 0 rings (SSSR count). The van der Waals surface area contributed by atoms with Crippen LogP contribution >= 0.6 is 27.5 Å². The number of hydrogen-bond donors (Lipinski definition) is 0. The first kappa shape index (κ1) is 22.8. The van der Waals surface area contributed by atoms with E-state index in [4.69, 9.17) is 11.6 Å². The van der Waals surface area contributed by atoms with E-state index < -0.39 is 0 Å². The van der Waals surface area contributed by atoms with Gasteiger partial charge in [-0.05, 0) is 12.8 Å². The summed E-state index contributed by atoms with van der Waals surface area (Å²) in [4.78, 5) is 0. The summed E-state index contributed by atoms with van der Waals surface area (Å²) in [6.07, 6.45) is 25.7. The van der Waals surface area contributed by atoms with E-state index in [0.29, 0.717) is 0 Å². The smallest absolute Gasteiger partial charge is 0.0223 e. The van der Waals surface area contributed by atoms with Gasteiger partial charge in [-0.15, -0.1) is 11.6 Å². The van der Waals surface area contributed by atoms with Crippen LogP contribution in [-0.4, -0.2) is 11.2 Å². The molecule has 0 heterocycles. The van der Waals surface area contributed by atoms with Crippen molar-refractivity contribution in [3.8, 4) is 0 Å². The molecule has 0 unspecified atom stereocenters. The third-order valence-electron chi connectivity index (χ3n) is 4.52. The van der Waals surface area contributed by atoms with Crippen molar-refractivity contribution in [1.29, 1.82) is 0 Å². The summed E-state index contributed by atoms with van der Waals surface area (Å²) in [6.45, 7) is 0. The lowest BCUT2D eigenvalue weighted by Crippen LogP contribution is -1.84. The van der Waals surface area contributed by atoms with Crippen LogP contribution in [0.4, 0.5) is 0 Å². The van der Waals surface area contributed by atoms with Gasteiger partial charge >= 0.3 is 0 Å². The first-order valence-electron chi connectivity index (χ1n) is 10.0. The van der Waals surface area contributed by atoms with Crippen molar-refractivity contribution >= 4 is 27.5 Å². The molecule has 0 nitrogen and oxygen atoms in total. The van der Waals surface area contributed by atoms with E-state index in [-0.39, 0.29) is 0 Å². The van der Waals surface area contributed by atoms with E-state index in [2.05, 4.69) is 15.9 Å². The van der Waals surface area contributed by atoms with Gasteiger partial charge in [0.05, 0.1) is 0 Å². The SMILES string of the molecule is ClCCCCCCCCCCCCCCCCCCCCBr. The average molecular weight is 396 g/mol. The molecule has 0 saturated carbocycles. The number of alkyl halides is 2. The largest absolute Gasteiger partial charge is 0.127 e. The zero-order valence-electron chi connectivity index (χ0n) is 14.9. The predicted octanol–water partition coefficient (Wildman–Crippen LogP) is 8.64. The van der Waals surface area contributed by atoms with Gasteiger partial charge in [0, 0.05) is 11.2 Å². The van der Waals surface area contributed by atoms with Gasteiger partial charge in [0.25, 0.3) is 0 Å². The van der Waals surface area contributed by atoms with Crippen molar-refractivity contribution in [2.45, 2.75) is 116 Å². The van der Waals surface area contributed by atoms with Gasteiger partial charge in [0.15, 0.2) is 0 Å². The number of unbranched alkanes of at least 4 members (excludes halogenated alkanes) is 17. The summed E-state index contributed by atoms with van der Waals surface area (Å²) >= 11 is 9.17. The summed E-state index contributed by atoms with van der Waals surface area (Å²) in [5, 5.41) is 1.18. The quantitative estimate of drug-likeness (QED) is 0.151. The maximum atomic E-state index is 5.68. The summed E-state index contributed by atoms with van der Waals surface area (Å²) in [5.74, 6) is 0.844. The molecule has 0 N–H and O–H groups in total. The van der Waals surface area contributed by atoms with Crippen molar-refractivity contribution in [1.82, 2.24) is 0 Å². The van der Waals surface area contributed by atoms with Crippen LogP contribution in [0, 0.1) is 0 Å². The third-order valence-corrected chi connectivity index (χ3v) is 5.35. The minimum atomic E-state index is 0.844. The van der Waals surface area contributed by atoms with Crippen LogP contribution in [-0.2, 0) is 0 Å². The molecule has 0 aliphatic heterocycles. The summed E-state index contributed by atoms with van der Waals surface area (Å²) in [7, 11) is 0. The zero-order valence-corrected chi connectivity index (χ0v) is 17.2. The second-order valence-electron chi connectivity index (χ2n) is 6.74. The lowest BCUT2D eigenvalue weighted by molar-refractivity contribution is 0.527. The normalized spacial score (nSPS) is 11.2. The fraction of sp³-hybridized carbons (Fsp3) is 1.00. The van der Waals surface area contributed by atoms with Crippen LogP contribution in [0.3, 0.4) is 0 Å². The molecule has 2 heteroatoms. The fourth-order valence-electron chi connectivity index (χ4n) is 3.02. The van der Waals surface area contributed by atoms with Gasteiger partial charge in [-0.3, -0.25) is 0 Å². The minimum absolute atomic E-state index is 0.844. The second kappa shape index (κ2) is 21.8. The number of rotatable bonds is 19. The minimum Gasteiger partial charge on any atom is -0.127 e. The molecular weight excluding hydrogens is 356 g/mol. The molecule has 0 amide bonds. The second-order valence-corrected chi connectivity index (χ2v) is 7.91. The molecular formula is C20H40BrCl. The van der Waals surface area contributed by atoms with Crippen LogP contribution in [0.5, 0.6) is 0 Å². The molecule has 0 aromatic rings. The molecule has 0 bridgehead atoms. The maximum Gasteiger partial charge on any atom is 0.0223 e. The van der Waals surface area contributed by atoms with Gasteiger partial charge in [0.2, 0.25) is 0 Å². The van der Waals surface area contributed by atoms with E-state index in [9.17, 15) is 0 Å². The molecule has 0 aliphatic rings. The topological polar surface area (TPSA) is 0 Å². The van der Waals surface area contributed by atoms with Crippen LogP contribution in [0.25, 0.3) is 0 Å². The van der Waals surface area contributed by atoms with E-state index in [1.807, 2.05) is 0 Å². The molecule has 0 aromatic heterocycles. The Bertz CT molecular complexity index is 165. The van der Waals surface area contributed by atoms with Gasteiger partial charge in [-0.25, -0.2) is 0 Å². The van der Waals surface area contributed by atoms with Crippen LogP contribution in [0.2, 0.25) is 0 Å². The average Bonchev–Trinajstić information content (AvgIpc) is 2.54. The van der Waals surface area contributed by atoms with Crippen LogP contribution in [0.1, 0.15) is 116 Å². The first-order valence-corrected chi connectivity index (χ1v) is 11.7. The summed E-state index contributed by atoms with van der Waals surface area (Å²) in [6, 6.07) is 0. The van der Waals surface area contributed by atoms with E-state index in [1.54, 1.807) is 0 Å². The van der Waals surface area contributed by atoms with Gasteiger partial charge in [0.1, 0.15) is 0 Å². The fourth-order valence-corrected chi connectivity index (χ4v) is 3.60. The molecule has 0 spiro atoms. The Labute approximate surface area is 154 Å². The van der Waals surface area contributed by atoms with E-state index >= 15 is 0 Å². The molecule has 0 radical (unpaired) electrons. The molecule has 134 valence electrons. The van der Waals surface area contributed by atoms with Crippen LogP contribution < -0.4 is 0 Å². The highest BCUT2D eigenvalue weighted by Gasteiger charge is 1.95. The zero-order chi connectivity index (χ0) is 16.1. The molecule has 0 atom stereocenters. The highest BCUT2D eigenvalue weighted by Crippen LogP contribution is 2.14. The summed E-state index contributed by atoms with van der Waals surface area (Å²) < 4.78 is 0. The maximum absolute atomic E-state index is 5.68. The monoisotopic (exact) mass is 394 g/mol. The highest BCUT2D eigenvalue weighted by molar-refractivity contribution is 9.09. The third kappa shape index (κ3) is 20.8. The first-order chi connectivity index (χ1) is 10.9. The van der Waals surface area contributed by atoms with Gasteiger partial charge in [-0.1, -0.05) is 119 Å². The lowest BCUT2D eigenvalue weighted by Gasteiger charge is -2.03. The van der Waals surface area contributed by atoms with Crippen molar-refractivity contribution < 1.29 is 0 Å². The molecule has 22 heavy (non-hydrogen) atoms. The highest BCUT2D eigenvalue weighted by atomic mass is 79.9. The Hall–Kier alpha value is 0.770. The van der Waals surface area contributed by atoms with Crippen molar-refractivity contribution in [2.24, 2.45) is 0 Å². The van der Waals surface area contributed by atoms with Crippen LogP contribution in [0.15, 0.2) is 0 Å². The Morgan fingerprint density at radius 1 is 0.364 bits per heavy atom. The standard InChI is InChI=1S/C20H40BrCl/c21-19-17-15-13-11-9-7-5-3-1-2-4-6-8-10-12-14-16-18-20-22/h1-20H2. The molecule has 0 aliphatic carbocycles. The number of halogens is 2. The molecule has 0 saturated heterocycles. The van der Waals surface area contributed by atoms with Crippen molar-refractivity contribution in [2.75, 3.05) is 11.2 Å². The lowest BCUT2D eigenvalue weighted by atomic mass is 10.0. The van der Waals surface area contributed by atoms with Gasteiger partial charge in [-0.2, -0.15) is 0 Å². The summed E-state index contributed by atoms with van der Waals surface area (Å²) in [5.41, 5.74) is 0. The Balaban J connectivity index is 2.91. The Morgan fingerprint density at radius 2 is 0.591 bits per heavy atom. The molecule has 0 aromatic carbocycles. The van der Waals surface area contributed by atoms with E-state index in [0.717, 1.165) is 5.88 Å². The molecule has 0 fully saturated rings. The number of hydrogen-bond acceptors (Lipinski definition) is 0. The predicted molar refractivity (Wildman–Crippen MR) is 108 cm³/mol.